The molecule has 0 bridgehead atoms. The summed E-state index contributed by atoms with van der Waals surface area (Å²) in [6.45, 7) is 4.94. The van der Waals surface area contributed by atoms with Gasteiger partial charge in [-0.3, -0.25) is 9.69 Å². The smallest absolute Gasteiger partial charge is 0.220 e. The monoisotopic (exact) mass is 400 g/mol. The van der Waals surface area contributed by atoms with Crippen LogP contribution in [0.4, 0.5) is 0 Å². The number of aryl methyl sites for hydroxylation is 1. The third kappa shape index (κ3) is 4.93. The summed E-state index contributed by atoms with van der Waals surface area (Å²) >= 11 is 3.54. The number of benzene rings is 2. The van der Waals surface area contributed by atoms with Gasteiger partial charge in [0.2, 0.25) is 5.91 Å². The second kappa shape index (κ2) is 8.63. The molecule has 1 aliphatic rings. The number of carbonyl (C=O) groups is 1. The number of hydrogen-bond acceptors (Lipinski definition) is 2. The molecule has 4 heteroatoms. The minimum atomic E-state index is 0.125. The van der Waals surface area contributed by atoms with Gasteiger partial charge in [0.15, 0.2) is 0 Å². The summed E-state index contributed by atoms with van der Waals surface area (Å²) in [7, 11) is 0. The van der Waals surface area contributed by atoms with Crippen molar-refractivity contribution >= 4 is 21.8 Å². The van der Waals surface area contributed by atoms with Gasteiger partial charge in [-0.15, -0.1) is 0 Å². The minimum Gasteiger partial charge on any atom is -0.355 e. The molecule has 0 saturated heterocycles. The molecule has 0 saturated carbocycles. The maximum Gasteiger partial charge on any atom is 0.220 e. The first-order chi connectivity index (χ1) is 12.1. The minimum absolute atomic E-state index is 0.125. The van der Waals surface area contributed by atoms with Gasteiger partial charge in [0.25, 0.3) is 0 Å². The zero-order valence-corrected chi connectivity index (χ0v) is 16.3. The Labute approximate surface area is 158 Å². The van der Waals surface area contributed by atoms with Crippen LogP contribution in [-0.4, -0.2) is 29.9 Å². The Kier molecular flexibility index (Phi) is 6.27. The van der Waals surface area contributed by atoms with E-state index in [0.717, 1.165) is 30.4 Å². The Bertz CT molecular complexity index is 731. The first kappa shape index (κ1) is 18.2. The summed E-state index contributed by atoms with van der Waals surface area (Å²) in [6.07, 6.45) is 2.38. The van der Waals surface area contributed by atoms with Gasteiger partial charge in [-0.1, -0.05) is 58.4 Å². The maximum absolute atomic E-state index is 12.2. The molecule has 0 fully saturated rings. The summed E-state index contributed by atoms with van der Waals surface area (Å²) in [4.78, 5) is 14.6. The van der Waals surface area contributed by atoms with E-state index in [0.29, 0.717) is 19.0 Å². The lowest BCUT2D eigenvalue weighted by atomic mass is 9.99. The summed E-state index contributed by atoms with van der Waals surface area (Å²) in [5.74, 6) is 0.125. The Hall–Kier alpha value is -1.65. The van der Waals surface area contributed by atoms with Crippen molar-refractivity contribution in [2.24, 2.45) is 0 Å². The topological polar surface area (TPSA) is 32.3 Å². The highest BCUT2D eigenvalue weighted by Gasteiger charge is 2.20. The van der Waals surface area contributed by atoms with E-state index < -0.39 is 0 Å². The molecule has 25 heavy (non-hydrogen) atoms. The third-order valence-corrected chi connectivity index (χ3v) is 5.73. The predicted octanol–water partition coefficient (Wildman–Crippen LogP) is 3.94. The molecule has 2 aromatic carbocycles. The number of fused-ring (bicyclic) bond motifs is 1. The van der Waals surface area contributed by atoms with Crippen LogP contribution < -0.4 is 5.32 Å². The van der Waals surface area contributed by atoms with Crippen molar-refractivity contribution in [1.29, 1.82) is 0 Å². The van der Waals surface area contributed by atoms with E-state index in [4.69, 9.17) is 0 Å². The van der Waals surface area contributed by atoms with E-state index in [2.05, 4.69) is 63.4 Å². The normalized spacial score (nSPS) is 15.4. The molecule has 0 aliphatic carbocycles. The van der Waals surface area contributed by atoms with Crippen LogP contribution in [0.15, 0.2) is 53.0 Å². The molecule has 1 atom stereocenters. The highest BCUT2D eigenvalue weighted by molar-refractivity contribution is 9.10. The zero-order valence-electron chi connectivity index (χ0n) is 14.7. The molecule has 2 aromatic rings. The van der Waals surface area contributed by atoms with Crippen LogP contribution in [0.5, 0.6) is 0 Å². The third-order valence-electron chi connectivity index (χ3n) is 4.96. The summed E-state index contributed by atoms with van der Waals surface area (Å²) in [5, 5.41) is 3.10. The van der Waals surface area contributed by atoms with Gasteiger partial charge >= 0.3 is 0 Å². The van der Waals surface area contributed by atoms with Crippen LogP contribution >= 0.6 is 15.9 Å². The average Bonchev–Trinajstić information content (AvgIpc) is 2.65. The fourth-order valence-corrected chi connectivity index (χ4v) is 3.81. The fraction of sp³-hybridized carbons (Fsp3) is 0.381. The Morgan fingerprint density at radius 3 is 2.68 bits per heavy atom. The molecule has 1 N–H and O–H groups in total. The number of carbonyl (C=O) groups excluding carboxylic acids is 1. The zero-order chi connectivity index (χ0) is 17.6. The SMILES string of the molecule is CC(CNC(=O)CCc1ccccc1Br)N1CCc2ccccc2C1. The van der Waals surface area contributed by atoms with Gasteiger partial charge < -0.3 is 5.32 Å². The van der Waals surface area contributed by atoms with Crippen molar-refractivity contribution in [3.8, 4) is 0 Å². The van der Waals surface area contributed by atoms with Crippen LogP contribution in [-0.2, 0) is 24.2 Å². The Balaban J connectivity index is 1.44. The van der Waals surface area contributed by atoms with E-state index in [1.54, 1.807) is 0 Å². The second-order valence-electron chi connectivity index (χ2n) is 6.73. The molecule has 1 heterocycles. The molecule has 1 unspecified atom stereocenters. The van der Waals surface area contributed by atoms with Crippen molar-refractivity contribution in [3.05, 3.63) is 69.7 Å². The van der Waals surface area contributed by atoms with Crippen LogP contribution in [0.3, 0.4) is 0 Å². The lowest BCUT2D eigenvalue weighted by Crippen LogP contribution is -2.44. The van der Waals surface area contributed by atoms with Crippen LogP contribution in [0.25, 0.3) is 0 Å². The number of rotatable bonds is 6. The molecular weight excluding hydrogens is 376 g/mol. The standard InChI is InChI=1S/C21H25BrN2O/c1-16(24-13-12-17-6-2-3-8-19(17)15-24)14-23-21(25)11-10-18-7-4-5-9-20(18)22/h2-9,16H,10-15H2,1H3,(H,23,25). The van der Waals surface area contributed by atoms with Gasteiger partial charge in [0.1, 0.15) is 0 Å². The molecule has 132 valence electrons. The first-order valence-corrected chi connectivity index (χ1v) is 9.73. The Morgan fingerprint density at radius 1 is 1.16 bits per heavy atom. The van der Waals surface area contributed by atoms with E-state index in [1.807, 2.05) is 18.2 Å². The van der Waals surface area contributed by atoms with Gasteiger partial charge in [-0.05, 0) is 42.5 Å². The fourth-order valence-electron chi connectivity index (χ4n) is 3.32. The highest BCUT2D eigenvalue weighted by atomic mass is 79.9. The van der Waals surface area contributed by atoms with E-state index in [-0.39, 0.29) is 5.91 Å². The lowest BCUT2D eigenvalue weighted by molar-refractivity contribution is -0.121. The lowest BCUT2D eigenvalue weighted by Gasteiger charge is -2.33. The predicted molar refractivity (Wildman–Crippen MR) is 105 cm³/mol. The van der Waals surface area contributed by atoms with Crippen molar-refractivity contribution in [3.63, 3.8) is 0 Å². The molecule has 3 nitrogen and oxygen atoms in total. The average molecular weight is 401 g/mol. The second-order valence-corrected chi connectivity index (χ2v) is 7.59. The molecule has 1 amide bonds. The van der Waals surface area contributed by atoms with Crippen molar-refractivity contribution < 1.29 is 4.79 Å². The molecule has 0 spiro atoms. The Morgan fingerprint density at radius 2 is 1.88 bits per heavy atom. The number of nitrogens with zero attached hydrogens (tertiary/aromatic N) is 1. The van der Waals surface area contributed by atoms with Gasteiger partial charge in [0, 0.05) is 36.6 Å². The van der Waals surface area contributed by atoms with Gasteiger partial charge in [0.05, 0.1) is 0 Å². The molecule has 1 aliphatic heterocycles. The van der Waals surface area contributed by atoms with Crippen LogP contribution in [0.2, 0.25) is 0 Å². The summed E-state index contributed by atoms with van der Waals surface area (Å²) in [6, 6.07) is 17.1. The van der Waals surface area contributed by atoms with Crippen LogP contribution in [0.1, 0.15) is 30.0 Å². The maximum atomic E-state index is 12.2. The molecule has 0 aromatic heterocycles. The largest absolute Gasteiger partial charge is 0.355 e. The van der Waals surface area contributed by atoms with Crippen molar-refractivity contribution in [2.75, 3.05) is 13.1 Å². The first-order valence-electron chi connectivity index (χ1n) is 8.94. The summed E-state index contributed by atoms with van der Waals surface area (Å²) < 4.78 is 1.07. The number of hydrogen-bond donors (Lipinski definition) is 1. The number of nitrogens with one attached hydrogen (secondary N) is 1. The highest BCUT2D eigenvalue weighted by Crippen LogP contribution is 2.20. The van der Waals surface area contributed by atoms with Crippen molar-refractivity contribution in [1.82, 2.24) is 10.2 Å². The quantitative estimate of drug-likeness (QED) is 0.795. The van der Waals surface area contributed by atoms with Crippen molar-refractivity contribution in [2.45, 2.75) is 38.8 Å². The number of halogens is 1. The van der Waals surface area contributed by atoms with Crippen LogP contribution in [0, 0.1) is 0 Å². The molecular formula is C21H25BrN2O. The number of amides is 1. The van der Waals surface area contributed by atoms with E-state index >= 15 is 0 Å². The van der Waals surface area contributed by atoms with E-state index in [9.17, 15) is 4.79 Å². The summed E-state index contributed by atoms with van der Waals surface area (Å²) in [5.41, 5.74) is 4.06. The molecule has 3 rings (SSSR count). The van der Waals surface area contributed by atoms with E-state index in [1.165, 1.54) is 16.7 Å². The van der Waals surface area contributed by atoms with Gasteiger partial charge in [-0.2, -0.15) is 0 Å². The molecule has 0 radical (unpaired) electrons. The van der Waals surface area contributed by atoms with Gasteiger partial charge in [-0.25, -0.2) is 0 Å².